The predicted octanol–water partition coefficient (Wildman–Crippen LogP) is 2.32. The Bertz CT molecular complexity index is 563. The summed E-state index contributed by atoms with van der Waals surface area (Å²) in [6.45, 7) is 7.46. The van der Waals surface area contributed by atoms with Crippen LogP contribution >= 0.6 is 0 Å². The van der Waals surface area contributed by atoms with E-state index in [2.05, 4.69) is 30.2 Å². The van der Waals surface area contributed by atoms with Crippen LogP contribution in [0.4, 0.5) is 0 Å². The number of hydrogen-bond acceptors (Lipinski definition) is 5. The van der Waals surface area contributed by atoms with E-state index in [0.717, 1.165) is 49.4 Å². The molecule has 140 valence electrons. The van der Waals surface area contributed by atoms with Gasteiger partial charge < -0.3 is 9.47 Å². The smallest absolute Gasteiger partial charge is 0.238 e. The zero-order valence-corrected chi connectivity index (χ0v) is 15.6. The standard InChI is InChI=1S/C19H31N3O3/c1-14(2)9-11-25-18-15(6-4-8-17(18)24-3)12-22-10-5-7-16(13-22)19(23)21-20/h4,6,8,14,16H,5,7,9-13,20H2,1-3H3,(H,21,23). The third-order valence-electron chi connectivity index (χ3n) is 4.63. The molecule has 2 rings (SSSR count). The van der Waals surface area contributed by atoms with Gasteiger partial charge in [0.15, 0.2) is 11.5 Å². The summed E-state index contributed by atoms with van der Waals surface area (Å²) in [6.07, 6.45) is 2.88. The van der Waals surface area contributed by atoms with Gasteiger partial charge in [-0.3, -0.25) is 15.1 Å². The molecule has 1 amide bonds. The summed E-state index contributed by atoms with van der Waals surface area (Å²) in [6, 6.07) is 5.98. The van der Waals surface area contributed by atoms with Crippen LogP contribution in [0, 0.1) is 11.8 Å². The van der Waals surface area contributed by atoms with Crippen LogP contribution < -0.4 is 20.7 Å². The molecule has 0 saturated carbocycles. The van der Waals surface area contributed by atoms with Gasteiger partial charge in [-0.25, -0.2) is 5.84 Å². The first-order valence-corrected chi connectivity index (χ1v) is 9.06. The molecule has 0 aliphatic carbocycles. The number of benzene rings is 1. The second-order valence-electron chi connectivity index (χ2n) is 7.06. The Morgan fingerprint density at radius 3 is 2.92 bits per heavy atom. The minimum atomic E-state index is -0.0799. The van der Waals surface area contributed by atoms with Crippen LogP contribution in [0.25, 0.3) is 0 Å². The number of rotatable bonds is 8. The van der Waals surface area contributed by atoms with Crippen molar-refractivity contribution < 1.29 is 14.3 Å². The Balaban J connectivity index is 2.08. The third kappa shape index (κ3) is 5.61. The highest BCUT2D eigenvalue weighted by molar-refractivity contribution is 5.78. The number of para-hydroxylation sites is 1. The van der Waals surface area contributed by atoms with Crippen LogP contribution in [-0.2, 0) is 11.3 Å². The fourth-order valence-corrected chi connectivity index (χ4v) is 3.18. The van der Waals surface area contributed by atoms with Crippen LogP contribution in [0.1, 0.15) is 38.7 Å². The molecule has 0 bridgehead atoms. The monoisotopic (exact) mass is 349 g/mol. The van der Waals surface area contributed by atoms with Gasteiger partial charge >= 0.3 is 0 Å². The Kier molecular flexibility index (Phi) is 7.52. The van der Waals surface area contributed by atoms with Gasteiger partial charge in [0.1, 0.15) is 0 Å². The van der Waals surface area contributed by atoms with Crippen LogP contribution in [0.15, 0.2) is 18.2 Å². The number of carbonyl (C=O) groups excluding carboxylic acids is 1. The fourth-order valence-electron chi connectivity index (χ4n) is 3.18. The molecule has 1 aliphatic heterocycles. The summed E-state index contributed by atoms with van der Waals surface area (Å²) >= 11 is 0. The molecule has 1 saturated heterocycles. The van der Waals surface area contributed by atoms with Gasteiger partial charge in [0, 0.05) is 18.7 Å². The topological polar surface area (TPSA) is 76.8 Å². The molecule has 0 radical (unpaired) electrons. The number of carbonyl (C=O) groups is 1. The lowest BCUT2D eigenvalue weighted by Crippen LogP contribution is -2.44. The summed E-state index contributed by atoms with van der Waals surface area (Å²) < 4.78 is 11.5. The quantitative estimate of drug-likeness (QED) is 0.428. The van der Waals surface area contributed by atoms with Crippen molar-refractivity contribution >= 4 is 5.91 Å². The number of nitrogens with two attached hydrogens (primary N) is 1. The molecule has 0 aromatic heterocycles. The molecule has 0 spiro atoms. The Morgan fingerprint density at radius 2 is 2.24 bits per heavy atom. The average Bonchev–Trinajstić information content (AvgIpc) is 2.62. The van der Waals surface area contributed by atoms with E-state index in [0.29, 0.717) is 19.1 Å². The van der Waals surface area contributed by atoms with E-state index >= 15 is 0 Å². The van der Waals surface area contributed by atoms with Crippen molar-refractivity contribution in [1.82, 2.24) is 10.3 Å². The molecule has 1 heterocycles. The van der Waals surface area contributed by atoms with Crippen molar-refractivity contribution in [3.8, 4) is 11.5 Å². The number of amides is 1. The molecule has 1 aromatic carbocycles. The first-order valence-electron chi connectivity index (χ1n) is 9.06. The summed E-state index contributed by atoms with van der Waals surface area (Å²) in [5.74, 6) is 7.33. The van der Waals surface area contributed by atoms with Crippen molar-refractivity contribution in [1.29, 1.82) is 0 Å². The summed E-state index contributed by atoms with van der Waals surface area (Å²) in [5.41, 5.74) is 3.37. The van der Waals surface area contributed by atoms with E-state index in [4.69, 9.17) is 15.3 Å². The highest BCUT2D eigenvalue weighted by Crippen LogP contribution is 2.33. The molecule has 1 fully saturated rings. The van der Waals surface area contributed by atoms with Gasteiger partial charge in [-0.1, -0.05) is 26.0 Å². The summed E-state index contributed by atoms with van der Waals surface area (Å²) in [5, 5.41) is 0. The third-order valence-corrected chi connectivity index (χ3v) is 4.63. The van der Waals surface area contributed by atoms with Gasteiger partial charge in [-0.2, -0.15) is 0 Å². The number of hydrogen-bond donors (Lipinski definition) is 2. The number of nitrogens with zero attached hydrogens (tertiary/aromatic N) is 1. The molecule has 6 heteroatoms. The first kappa shape index (κ1) is 19.5. The maximum atomic E-state index is 11.8. The van der Waals surface area contributed by atoms with Gasteiger partial charge in [0.05, 0.1) is 19.6 Å². The zero-order valence-electron chi connectivity index (χ0n) is 15.6. The SMILES string of the molecule is COc1cccc(CN2CCCC(C(=O)NN)C2)c1OCCC(C)C. The largest absolute Gasteiger partial charge is 0.493 e. The normalized spacial score (nSPS) is 18.2. The van der Waals surface area contributed by atoms with Crippen LogP contribution in [0.5, 0.6) is 11.5 Å². The average molecular weight is 349 g/mol. The van der Waals surface area contributed by atoms with Crippen LogP contribution in [0.3, 0.4) is 0 Å². The van der Waals surface area contributed by atoms with Gasteiger partial charge in [0.25, 0.3) is 0 Å². The predicted molar refractivity (Wildman–Crippen MR) is 98.3 cm³/mol. The molecule has 1 aliphatic rings. The van der Waals surface area contributed by atoms with E-state index < -0.39 is 0 Å². The van der Waals surface area contributed by atoms with Crippen molar-refractivity contribution in [2.24, 2.45) is 17.7 Å². The number of piperidine rings is 1. The van der Waals surface area contributed by atoms with E-state index in [1.54, 1.807) is 7.11 Å². The van der Waals surface area contributed by atoms with Gasteiger partial charge in [-0.15, -0.1) is 0 Å². The van der Waals surface area contributed by atoms with E-state index in [-0.39, 0.29) is 11.8 Å². The second-order valence-corrected chi connectivity index (χ2v) is 7.06. The number of likely N-dealkylation sites (tertiary alicyclic amines) is 1. The van der Waals surface area contributed by atoms with Gasteiger partial charge in [0.2, 0.25) is 5.91 Å². The van der Waals surface area contributed by atoms with Crippen LogP contribution in [0.2, 0.25) is 0 Å². The van der Waals surface area contributed by atoms with Crippen molar-refractivity contribution in [2.45, 2.75) is 39.7 Å². The van der Waals surface area contributed by atoms with Crippen LogP contribution in [-0.4, -0.2) is 37.6 Å². The number of ether oxygens (including phenoxy) is 2. The highest BCUT2D eigenvalue weighted by Gasteiger charge is 2.26. The molecule has 25 heavy (non-hydrogen) atoms. The summed E-state index contributed by atoms with van der Waals surface area (Å²) in [7, 11) is 1.66. The Morgan fingerprint density at radius 1 is 1.44 bits per heavy atom. The molecule has 3 N–H and O–H groups in total. The minimum Gasteiger partial charge on any atom is -0.493 e. The molecular formula is C19H31N3O3. The zero-order chi connectivity index (χ0) is 18.2. The lowest BCUT2D eigenvalue weighted by molar-refractivity contribution is -0.126. The first-order chi connectivity index (χ1) is 12.0. The van der Waals surface area contributed by atoms with Crippen molar-refractivity contribution in [3.63, 3.8) is 0 Å². The van der Waals surface area contributed by atoms with E-state index in [1.807, 2.05) is 12.1 Å². The molecule has 6 nitrogen and oxygen atoms in total. The lowest BCUT2D eigenvalue weighted by Gasteiger charge is -2.32. The molecule has 1 atom stereocenters. The van der Waals surface area contributed by atoms with E-state index in [1.165, 1.54) is 0 Å². The molecule has 1 aromatic rings. The fraction of sp³-hybridized carbons (Fsp3) is 0.632. The Hall–Kier alpha value is -1.79. The highest BCUT2D eigenvalue weighted by atomic mass is 16.5. The minimum absolute atomic E-state index is 0.0466. The molecular weight excluding hydrogens is 318 g/mol. The van der Waals surface area contributed by atoms with Crippen molar-refractivity contribution in [3.05, 3.63) is 23.8 Å². The maximum Gasteiger partial charge on any atom is 0.238 e. The lowest BCUT2D eigenvalue weighted by atomic mass is 9.97. The number of methoxy groups -OCH3 is 1. The summed E-state index contributed by atoms with van der Waals surface area (Å²) in [4.78, 5) is 14.1. The number of hydrazine groups is 1. The molecule has 1 unspecified atom stereocenters. The number of nitrogens with one attached hydrogen (secondary N) is 1. The maximum absolute atomic E-state index is 11.8. The Labute approximate surface area is 150 Å². The van der Waals surface area contributed by atoms with E-state index in [9.17, 15) is 4.79 Å². The van der Waals surface area contributed by atoms with Crippen molar-refractivity contribution in [2.75, 3.05) is 26.8 Å². The van der Waals surface area contributed by atoms with Gasteiger partial charge in [-0.05, 0) is 37.8 Å². The second kappa shape index (κ2) is 9.63.